The highest BCUT2D eigenvalue weighted by atomic mass is 35.5. The minimum Gasteiger partial charge on any atom is -0.493 e. The van der Waals surface area contributed by atoms with Gasteiger partial charge in [0.15, 0.2) is 23.0 Å². The number of nitrogens with zero attached hydrogens (tertiary/aromatic N) is 2. The number of methoxy groups -OCH3 is 2. The normalized spacial score (nSPS) is 18.2. The molecule has 0 unspecified atom stereocenters. The van der Waals surface area contributed by atoms with Crippen LogP contribution < -0.4 is 23.7 Å². The summed E-state index contributed by atoms with van der Waals surface area (Å²) in [4.78, 5) is 18.5. The van der Waals surface area contributed by atoms with Crippen LogP contribution in [-0.4, -0.2) is 57.2 Å². The Labute approximate surface area is 315 Å². The topological polar surface area (TPSA) is 69.7 Å². The minimum absolute atomic E-state index is 0.118. The van der Waals surface area contributed by atoms with E-state index in [1.165, 1.54) is 16.7 Å². The fraction of sp³-hybridized carbons (Fsp3) is 0.295. The van der Waals surface area contributed by atoms with Gasteiger partial charge in [-0.25, -0.2) is 4.79 Å². The third kappa shape index (κ3) is 6.60. The van der Waals surface area contributed by atoms with E-state index in [2.05, 4.69) is 61.2 Å². The highest BCUT2D eigenvalue weighted by Crippen LogP contribution is 2.55. The number of aryl methyl sites for hydroxylation is 1. The quantitative estimate of drug-likeness (QED) is 0.134. The predicted octanol–water partition coefficient (Wildman–Crippen LogP) is 9.33. The maximum atomic E-state index is 13.8. The Kier molecular flexibility index (Phi) is 9.53. The molecule has 0 aromatic heterocycles. The van der Waals surface area contributed by atoms with E-state index in [4.69, 9.17) is 35.3 Å². The summed E-state index contributed by atoms with van der Waals surface area (Å²) in [6, 6.07) is 27.6. The number of hydrogen-bond acceptors (Lipinski definition) is 8. The van der Waals surface area contributed by atoms with Gasteiger partial charge in [-0.3, -0.25) is 9.80 Å². The molecule has 272 valence electrons. The van der Waals surface area contributed by atoms with Crippen LogP contribution in [0.1, 0.15) is 61.4 Å². The molecule has 9 heteroatoms. The van der Waals surface area contributed by atoms with Crippen LogP contribution in [0, 0.1) is 6.92 Å². The van der Waals surface area contributed by atoms with E-state index in [9.17, 15) is 4.79 Å². The molecule has 2 atom stereocenters. The maximum Gasteiger partial charge on any atom is 0.343 e. The first-order valence-corrected chi connectivity index (χ1v) is 18.4. The molecule has 0 fully saturated rings. The molecule has 0 saturated heterocycles. The summed E-state index contributed by atoms with van der Waals surface area (Å²) >= 11 is 7.25. The Bertz CT molecular complexity index is 2190. The lowest BCUT2D eigenvalue weighted by atomic mass is 9.86. The second-order valence-corrected chi connectivity index (χ2v) is 14.6. The Balaban J connectivity index is 1.37. The third-order valence-electron chi connectivity index (χ3n) is 10.9. The molecule has 0 spiro atoms. The van der Waals surface area contributed by atoms with Crippen LogP contribution in [0.4, 0.5) is 0 Å². The van der Waals surface area contributed by atoms with Gasteiger partial charge in [0.2, 0.25) is 5.75 Å². The summed E-state index contributed by atoms with van der Waals surface area (Å²) in [5, 5.41) is 0.414. The average molecular weight is 731 g/mol. The fourth-order valence-corrected chi connectivity index (χ4v) is 8.36. The van der Waals surface area contributed by atoms with Crippen molar-refractivity contribution in [2.75, 3.05) is 41.4 Å². The van der Waals surface area contributed by atoms with Crippen LogP contribution >= 0.6 is 11.6 Å². The second kappa shape index (κ2) is 14.4. The van der Waals surface area contributed by atoms with E-state index in [-0.39, 0.29) is 23.6 Å². The van der Waals surface area contributed by atoms with Gasteiger partial charge in [-0.2, -0.15) is 0 Å². The van der Waals surface area contributed by atoms with Crippen molar-refractivity contribution in [3.05, 3.63) is 134 Å². The van der Waals surface area contributed by atoms with E-state index < -0.39 is 5.97 Å². The van der Waals surface area contributed by atoms with Gasteiger partial charge in [0.05, 0.1) is 24.8 Å². The van der Waals surface area contributed by atoms with Crippen molar-refractivity contribution in [2.24, 2.45) is 0 Å². The van der Waals surface area contributed by atoms with Gasteiger partial charge in [0.1, 0.15) is 11.5 Å². The molecule has 53 heavy (non-hydrogen) atoms. The monoisotopic (exact) mass is 730 g/mol. The van der Waals surface area contributed by atoms with E-state index in [1.807, 2.05) is 30.3 Å². The molecule has 0 N–H and O–H groups in total. The van der Waals surface area contributed by atoms with Gasteiger partial charge < -0.3 is 23.7 Å². The maximum absolute atomic E-state index is 13.8. The highest BCUT2D eigenvalue weighted by molar-refractivity contribution is 6.33. The summed E-state index contributed by atoms with van der Waals surface area (Å²) in [5.74, 6) is 3.01. The zero-order valence-electron chi connectivity index (χ0n) is 30.7. The number of fused-ring (bicyclic) bond motifs is 2. The summed E-state index contributed by atoms with van der Waals surface area (Å²) in [5.41, 5.74) is 7.91. The van der Waals surface area contributed by atoms with Crippen molar-refractivity contribution in [2.45, 2.75) is 44.7 Å². The molecule has 0 radical (unpaired) electrons. The second-order valence-electron chi connectivity index (χ2n) is 14.2. The number of likely N-dealkylation sites (N-methyl/N-ethyl adjacent to an activating group) is 2. The standard InChI is InChI=1S/C44H43ClN2O6/c1-26-21-30-17-19-46(2)34-22-27-11-14-31(15-12-27)51-38-24-28(13-16-36(38)49-4)23-35-39-32(18-20-47(35)3)40(45)42(50-5)43(41(39)52-37(26)25-33(30)34)53-44(48)29-9-7-6-8-10-29/h6-16,21,24-25,34-35H,17-20,22-23H2,1-5H3/t34-,35-/m0/s1. The van der Waals surface area contributed by atoms with Crippen LogP contribution in [0.3, 0.4) is 0 Å². The summed E-state index contributed by atoms with van der Waals surface area (Å²) in [6.45, 7) is 3.77. The zero-order chi connectivity index (χ0) is 36.8. The first kappa shape index (κ1) is 35.0. The smallest absolute Gasteiger partial charge is 0.343 e. The van der Waals surface area contributed by atoms with Crippen molar-refractivity contribution in [3.63, 3.8) is 0 Å². The van der Waals surface area contributed by atoms with Crippen molar-refractivity contribution < 1.29 is 28.5 Å². The summed E-state index contributed by atoms with van der Waals surface area (Å²) in [7, 11) is 7.48. The lowest BCUT2D eigenvalue weighted by Gasteiger charge is -2.38. The van der Waals surface area contributed by atoms with Gasteiger partial charge in [-0.05, 0) is 123 Å². The van der Waals surface area contributed by atoms with E-state index in [0.29, 0.717) is 46.4 Å². The number of carbonyl (C=O) groups is 1. The molecule has 4 aliphatic heterocycles. The summed E-state index contributed by atoms with van der Waals surface area (Å²) in [6.07, 6.45) is 2.99. The summed E-state index contributed by atoms with van der Waals surface area (Å²) < 4.78 is 31.6. The van der Waals surface area contributed by atoms with Crippen molar-refractivity contribution in [1.82, 2.24) is 9.80 Å². The lowest BCUT2D eigenvalue weighted by molar-refractivity contribution is 0.0724. The number of esters is 1. The number of rotatable bonds is 4. The molecule has 0 saturated carbocycles. The molecule has 4 heterocycles. The van der Waals surface area contributed by atoms with Crippen LogP contribution in [0.5, 0.6) is 40.2 Å². The first-order valence-electron chi connectivity index (χ1n) is 18.1. The van der Waals surface area contributed by atoms with Crippen LogP contribution in [-0.2, 0) is 25.7 Å². The van der Waals surface area contributed by atoms with Crippen molar-refractivity contribution in [3.8, 4) is 40.2 Å². The van der Waals surface area contributed by atoms with Crippen molar-refractivity contribution in [1.29, 1.82) is 0 Å². The van der Waals surface area contributed by atoms with Crippen LogP contribution in [0.15, 0.2) is 84.9 Å². The number of carbonyl (C=O) groups excluding carboxylic acids is 1. The number of benzene rings is 5. The zero-order valence-corrected chi connectivity index (χ0v) is 31.5. The van der Waals surface area contributed by atoms with Gasteiger partial charge in [0.25, 0.3) is 0 Å². The van der Waals surface area contributed by atoms with Gasteiger partial charge in [0, 0.05) is 30.7 Å². The molecule has 4 aliphatic rings. The molecule has 9 rings (SSSR count). The Morgan fingerprint density at radius 2 is 1.49 bits per heavy atom. The number of hydrogen-bond donors (Lipinski definition) is 0. The molecule has 5 aromatic rings. The van der Waals surface area contributed by atoms with Crippen molar-refractivity contribution >= 4 is 17.6 Å². The molecule has 8 nitrogen and oxygen atoms in total. The SMILES string of the molecule is COc1ccc2cc1Oc1ccc(cc1)C[C@H]1c3cc(c(C)cc3CCN1C)Oc1c(OC(=O)c3ccccc3)c(OC)c(Cl)c3c1[C@H](C2)N(C)CC3. The van der Waals surface area contributed by atoms with Gasteiger partial charge in [-0.15, -0.1) is 0 Å². The Morgan fingerprint density at radius 1 is 0.774 bits per heavy atom. The predicted molar refractivity (Wildman–Crippen MR) is 206 cm³/mol. The van der Waals surface area contributed by atoms with E-state index in [1.54, 1.807) is 38.5 Å². The molecule has 6 bridgehead atoms. The highest BCUT2D eigenvalue weighted by Gasteiger charge is 2.37. The molecule has 0 aliphatic carbocycles. The van der Waals surface area contributed by atoms with E-state index in [0.717, 1.165) is 53.9 Å². The molecule has 5 aromatic carbocycles. The van der Waals surface area contributed by atoms with Crippen LogP contribution in [0.2, 0.25) is 5.02 Å². The minimum atomic E-state index is -0.536. The Morgan fingerprint density at radius 3 is 2.25 bits per heavy atom. The lowest BCUT2D eigenvalue weighted by Crippen LogP contribution is -2.34. The fourth-order valence-electron chi connectivity index (χ4n) is 8.00. The molecular weight excluding hydrogens is 688 g/mol. The Hall–Kier alpha value is -5.02. The van der Waals surface area contributed by atoms with Gasteiger partial charge in [-0.1, -0.05) is 54.1 Å². The third-order valence-corrected chi connectivity index (χ3v) is 11.3. The first-order chi connectivity index (χ1) is 25.7. The van der Waals surface area contributed by atoms with Gasteiger partial charge >= 0.3 is 5.97 Å². The largest absolute Gasteiger partial charge is 0.493 e. The van der Waals surface area contributed by atoms with E-state index >= 15 is 0 Å². The average Bonchev–Trinajstić information content (AvgIpc) is 3.16. The molecular formula is C44H43ClN2O6. The number of halogens is 1. The van der Waals surface area contributed by atoms with Crippen LogP contribution in [0.25, 0.3) is 0 Å². The number of ether oxygens (including phenoxy) is 5. The molecule has 0 amide bonds.